The second kappa shape index (κ2) is 12.0. The molecule has 0 fully saturated rings. The van der Waals surface area contributed by atoms with E-state index in [4.69, 9.17) is 0 Å². The van der Waals surface area contributed by atoms with Crippen molar-refractivity contribution in [3.05, 3.63) is 65.2 Å². The molecule has 0 saturated carbocycles. The third kappa shape index (κ3) is 6.38. The molecule has 1 aliphatic heterocycles. The number of sulfonamides is 1. The summed E-state index contributed by atoms with van der Waals surface area (Å²) in [4.78, 5) is 0. The molecule has 0 amide bonds. The van der Waals surface area contributed by atoms with Gasteiger partial charge in [-0.15, -0.1) is 0 Å². The van der Waals surface area contributed by atoms with E-state index in [-0.39, 0.29) is 5.75 Å². The fourth-order valence-corrected chi connectivity index (χ4v) is 22.6. The summed E-state index contributed by atoms with van der Waals surface area (Å²) in [5.74, 6) is 0.0847. The Kier molecular flexibility index (Phi) is 9.68. The summed E-state index contributed by atoms with van der Waals surface area (Å²) in [6, 6.07) is 16.7. The van der Waals surface area contributed by atoms with E-state index in [0.717, 1.165) is 5.56 Å². The molecule has 0 bridgehead atoms. The second-order valence-electron chi connectivity index (χ2n) is 9.58. The van der Waals surface area contributed by atoms with Crippen LogP contribution in [0, 0.1) is 0 Å². The zero-order valence-electron chi connectivity index (χ0n) is 20.3. The molecule has 2 aromatic rings. The van der Waals surface area contributed by atoms with E-state index in [0.29, 0.717) is 13.1 Å². The number of benzene rings is 2. The van der Waals surface area contributed by atoms with Gasteiger partial charge in [0, 0.05) is 0 Å². The van der Waals surface area contributed by atoms with Crippen LogP contribution in [0.4, 0.5) is 0 Å². The number of hydrogen-bond donors (Lipinski definition) is 0. The van der Waals surface area contributed by atoms with Gasteiger partial charge in [-0.25, -0.2) is 0 Å². The Labute approximate surface area is 200 Å². The van der Waals surface area contributed by atoms with Crippen molar-refractivity contribution in [2.75, 3.05) is 0 Å². The molecule has 0 aromatic heterocycles. The number of unbranched alkanes of at least 4 members (excludes halogenated alkanes) is 3. The van der Waals surface area contributed by atoms with Crippen LogP contribution >= 0.6 is 0 Å². The molecule has 1 heterocycles. The van der Waals surface area contributed by atoms with Gasteiger partial charge in [-0.2, -0.15) is 0 Å². The summed E-state index contributed by atoms with van der Waals surface area (Å²) in [6.45, 7) is 8.00. The Bertz CT molecular complexity index is 937. The molecule has 0 atom stereocenters. The summed E-state index contributed by atoms with van der Waals surface area (Å²) < 4.78 is 33.9. The molecule has 2 aromatic carbocycles. The van der Waals surface area contributed by atoms with Gasteiger partial charge in [0.15, 0.2) is 0 Å². The molecular weight excluding hydrogens is 521 g/mol. The Hall–Kier alpha value is -0.851. The SMILES string of the molecule is CCC[CH2][Sn]([CH2]CCC)([CH2]CCC)[c]1ccc2c(c1)CN(S(=O)(=O)Cc1ccccc1)C2. The standard InChI is InChI=1S/C15H14NO2S.3C4H9.Sn/c17-19(18,12-13-6-2-1-3-7-13)16-10-14-8-4-5-9-15(14)11-16;3*1-3-4-2;/h1-4,6-9H,10-12H2;3*1,3-4H2,2H3;. The van der Waals surface area contributed by atoms with E-state index in [1.807, 2.05) is 30.3 Å². The van der Waals surface area contributed by atoms with E-state index in [1.54, 1.807) is 7.88 Å². The summed E-state index contributed by atoms with van der Waals surface area (Å²) >= 11 is -2.50. The van der Waals surface area contributed by atoms with Gasteiger partial charge in [0.2, 0.25) is 0 Å². The van der Waals surface area contributed by atoms with Crippen LogP contribution < -0.4 is 3.58 Å². The van der Waals surface area contributed by atoms with Crippen molar-refractivity contribution in [2.45, 2.75) is 91.4 Å². The van der Waals surface area contributed by atoms with Gasteiger partial charge in [0.05, 0.1) is 0 Å². The minimum absolute atomic E-state index is 0.0847. The van der Waals surface area contributed by atoms with Gasteiger partial charge < -0.3 is 0 Å². The molecule has 32 heavy (non-hydrogen) atoms. The fourth-order valence-electron chi connectivity index (χ4n) is 5.12. The Morgan fingerprint density at radius 2 is 1.34 bits per heavy atom. The van der Waals surface area contributed by atoms with Crippen molar-refractivity contribution in [3.8, 4) is 0 Å². The second-order valence-corrected chi connectivity index (χ2v) is 24.8. The van der Waals surface area contributed by atoms with Crippen molar-refractivity contribution >= 4 is 32.0 Å². The average molecular weight is 562 g/mol. The zero-order chi connectivity index (χ0) is 23.0. The molecule has 3 rings (SSSR count). The van der Waals surface area contributed by atoms with Crippen LogP contribution in [0.15, 0.2) is 48.5 Å². The van der Waals surface area contributed by atoms with Gasteiger partial charge in [-0.3, -0.25) is 0 Å². The van der Waals surface area contributed by atoms with Crippen molar-refractivity contribution in [1.29, 1.82) is 0 Å². The molecule has 0 radical (unpaired) electrons. The van der Waals surface area contributed by atoms with E-state index >= 15 is 0 Å². The van der Waals surface area contributed by atoms with Crippen molar-refractivity contribution in [3.63, 3.8) is 0 Å². The molecule has 3 nitrogen and oxygen atoms in total. The van der Waals surface area contributed by atoms with E-state index < -0.39 is 28.4 Å². The van der Waals surface area contributed by atoms with Crippen LogP contribution in [-0.2, 0) is 28.9 Å². The molecule has 1 aliphatic rings. The Morgan fingerprint density at radius 3 is 1.91 bits per heavy atom. The summed E-state index contributed by atoms with van der Waals surface area (Å²) in [5.41, 5.74) is 3.31. The van der Waals surface area contributed by atoms with Crippen LogP contribution in [0.1, 0.15) is 76.0 Å². The molecule has 0 saturated heterocycles. The molecule has 5 heteroatoms. The topological polar surface area (TPSA) is 37.4 Å². The first kappa shape index (κ1) is 25.8. The first-order valence-corrected chi connectivity index (χ1v) is 21.7. The monoisotopic (exact) mass is 563 g/mol. The maximum atomic E-state index is 13.1. The number of hydrogen-bond acceptors (Lipinski definition) is 2. The fraction of sp³-hybridized carbons (Fsp3) is 0.556. The van der Waals surface area contributed by atoms with E-state index in [2.05, 4.69) is 39.0 Å². The molecule has 176 valence electrons. The van der Waals surface area contributed by atoms with Gasteiger partial charge >= 0.3 is 201 Å². The number of fused-ring (bicyclic) bond motifs is 1. The summed E-state index contributed by atoms with van der Waals surface area (Å²) in [7, 11) is -3.32. The maximum absolute atomic E-state index is 13.1. The summed E-state index contributed by atoms with van der Waals surface area (Å²) in [5, 5.41) is 0. The first-order chi connectivity index (χ1) is 15.4. The van der Waals surface area contributed by atoms with Crippen LogP contribution in [0.3, 0.4) is 0 Å². The van der Waals surface area contributed by atoms with Crippen molar-refractivity contribution in [2.24, 2.45) is 0 Å². The van der Waals surface area contributed by atoms with E-state index in [1.165, 1.54) is 63.0 Å². The predicted octanol–water partition coefficient (Wildman–Crippen LogP) is 6.59. The molecule has 0 spiro atoms. The average Bonchev–Trinajstić information content (AvgIpc) is 3.24. The quantitative estimate of drug-likeness (QED) is 0.259. The summed E-state index contributed by atoms with van der Waals surface area (Å²) in [6.07, 6.45) is 7.85. The molecular formula is C27H41NO2SSn. The minimum atomic E-state index is -3.32. The van der Waals surface area contributed by atoms with Gasteiger partial charge in [-0.05, 0) is 0 Å². The van der Waals surface area contributed by atoms with Crippen LogP contribution in [-0.4, -0.2) is 31.1 Å². The van der Waals surface area contributed by atoms with E-state index in [9.17, 15) is 8.42 Å². The van der Waals surface area contributed by atoms with Crippen molar-refractivity contribution in [1.82, 2.24) is 4.31 Å². The van der Waals surface area contributed by atoms with Gasteiger partial charge in [0.1, 0.15) is 0 Å². The molecule has 0 aliphatic carbocycles. The normalized spacial score (nSPS) is 14.6. The molecule has 0 unspecified atom stereocenters. The van der Waals surface area contributed by atoms with Crippen molar-refractivity contribution < 1.29 is 8.42 Å². The van der Waals surface area contributed by atoms with Crippen LogP contribution in [0.2, 0.25) is 13.3 Å². The van der Waals surface area contributed by atoms with Gasteiger partial charge in [0.25, 0.3) is 0 Å². The predicted molar refractivity (Wildman–Crippen MR) is 139 cm³/mol. The zero-order valence-corrected chi connectivity index (χ0v) is 23.9. The number of nitrogens with zero attached hydrogens (tertiary/aromatic N) is 1. The van der Waals surface area contributed by atoms with Crippen LogP contribution in [0.5, 0.6) is 0 Å². The Morgan fingerprint density at radius 1 is 0.781 bits per heavy atom. The third-order valence-corrected chi connectivity index (χ3v) is 24.5. The number of rotatable bonds is 13. The van der Waals surface area contributed by atoms with Gasteiger partial charge in [-0.1, -0.05) is 0 Å². The van der Waals surface area contributed by atoms with Crippen LogP contribution in [0.25, 0.3) is 0 Å². The Balaban J connectivity index is 1.84. The third-order valence-electron chi connectivity index (χ3n) is 7.12. The molecule has 0 N–H and O–H groups in total. The first-order valence-electron chi connectivity index (χ1n) is 12.6.